The normalized spacial score (nSPS) is 25.8. The van der Waals surface area contributed by atoms with Crippen molar-refractivity contribution in [3.63, 3.8) is 0 Å². The number of rotatable bonds is 7. The molecule has 2 rings (SSSR count). The Labute approximate surface area is 107 Å². The number of piperidine rings is 1. The zero-order valence-electron chi connectivity index (χ0n) is 11.8. The van der Waals surface area contributed by atoms with Crippen molar-refractivity contribution in [1.82, 2.24) is 10.2 Å². The van der Waals surface area contributed by atoms with E-state index in [1.165, 1.54) is 64.6 Å². The van der Waals surface area contributed by atoms with Crippen LogP contribution in [0.5, 0.6) is 0 Å². The van der Waals surface area contributed by atoms with Crippen LogP contribution in [0.1, 0.15) is 58.8 Å². The van der Waals surface area contributed by atoms with E-state index in [9.17, 15) is 0 Å². The summed E-state index contributed by atoms with van der Waals surface area (Å²) in [7, 11) is 0. The van der Waals surface area contributed by atoms with Crippen LogP contribution in [0.4, 0.5) is 0 Å². The molecule has 100 valence electrons. The highest BCUT2D eigenvalue weighted by Gasteiger charge is 2.25. The summed E-state index contributed by atoms with van der Waals surface area (Å²) in [6.07, 6.45) is 9.95. The molecule has 1 atom stereocenters. The molecule has 1 aliphatic heterocycles. The van der Waals surface area contributed by atoms with E-state index >= 15 is 0 Å². The van der Waals surface area contributed by atoms with Crippen LogP contribution in [-0.4, -0.2) is 36.6 Å². The van der Waals surface area contributed by atoms with Crippen molar-refractivity contribution in [3.8, 4) is 0 Å². The quantitative estimate of drug-likeness (QED) is 0.733. The Morgan fingerprint density at radius 3 is 2.59 bits per heavy atom. The molecule has 1 unspecified atom stereocenters. The molecule has 2 fully saturated rings. The van der Waals surface area contributed by atoms with Crippen LogP contribution < -0.4 is 5.32 Å². The maximum atomic E-state index is 3.66. The standard InChI is InChI=1S/C15H30N2/c1-13(2)17(12-14-8-9-14)11-5-7-15-6-3-4-10-16-15/h13-16H,3-12H2,1-2H3. The number of hydrogen-bond donors (Lipinski definition) is 1. The fourth-order valence-electron chi connectivity index (χ4n) is 2.90. The summed E-state index contributed by atoms with van der Waals surface area (Å²) < 4.78 is 0. The Kier molecular flexibility index (Phi) is 5.30. The third-order valence-corrected chi connectivity index (χ3v) is 4.33. The average molecular weight is 238 g/mol. The summed E-state index contributed by atoms with van der Waals surface area (Å²) in [6, 6.07) is 1.55. The first-order valence-electron chi connectivity index (χ1n) is 7.73. The molecule has 0 radical (unpaired) electrons. The Morgan fingerprint density at radius 2 is 2.00 bits per heavy atom. The maximum absolute atomic E-state index is 3.66. The Hall–Kier alpha value is -0.0800. The number of nitrogens with one attached hydrogen (secondary N) is 1. The molecular weight excluding hydrogens is 208 g/mol. The molecule has 17 heavy (non-hydrogen) atoms. The molecule has 0 aromatic carbocycles. The predicted octanol–water partition coefficient (Wildman–Crippen LogP) is 3.03. The predicted molar refractivity (Wildman–Crippen MR) is 74.3 cm³/mol. The minimum Gasteiger partial charge on any atom is -0.314 e. The molecule has 2 heteroatoms. The summed E-state index contributed by atoms with van der Waals surface area (Å²) in [5.74, 6) is 1.03. The number of nitrogens with zero attached hydrogens (tertiary/aromatic N) is 1. The molecule has 1 saturated heterocycles. The first-order valence-corrected chi connectivity index (χ1v) is 7.73. The van der Waals surface area contributed by atoms with E-state index in [-0.39, 0.29) is 0 Å². The van der Waals surface area contributed by atoms with Gasteiger partial charge in [-0.15, -0.1) is 0 Å². The Bertz CT molecular complexity index is 205. The van der Waals surface area contributed by atoms with E-state index in [1.807, 2.05) is 0 Å². The van der Waals surface area contributed by atoms with Gasteiger partial charge in [-0.2, -0.15) is 0 Å². The second-order valence-corrected chi connectivity index (χ2v) is 6.32. The minimum atomic E-state index is 0.731. The molecule has 0 aromatic heterocycles. The highest BCUT2D eigenvalue weighted by atomic mass is 15.1. The zero-order valence-corrected chi connectivity index (χ0v) is 11.8. The molecule has 1 N–H and O–H groups in total. The molecule has 0 aromatic rings. The SMILES string of the molecule is CC(C)N(CCCC1CCCCN1)CC1CC1. The van der Waals surface area contributed by atoms with Gasteiger partial charge in [-0.1, -0.05) is 6.42 Å². The summed E-state index contributed by atoms with van der Waals surface area (Å²) in [5, 5.41) is 3.66. The lowest BCUT2D eigenvalue weighted by atomic mass is 10.0. The second-order valence-electron chi connectivity index (χ2n) is 6.32. The van der Waals surface area contributed by atoms with Gasteiger partial charge < -0.3 is 10.2 Å². The topological polar surface area (TPSA) is 15.3 Å². The molecule has 0 spiro atoms. The highest BCUT2D eigenvalue weighted by molar-refractivity contribution is 4.79. The van der Waals surface area contributed by atoms with Crippen LogP contribution in [0, 0.1) is 5.92 Å². The van der Waals surface area contributed by atoms with Gasteiger partial charge in [-0.25, -0.2) is 0 Å². The van der Waals surface area contributed by atoms with E-state index in [1.54, 1.807) is 0 Å². The lowest BCUT2D eigenvalue weighted by Gasteiger charge is -2.28. The third kappa shape index (κ3) is 4.97. The van der Waals surface area contributed by atoms with Crippen LogP contribution in [-0.2, 0) is 0 Å². The highest BCUT2D eigenvalue weighted by Crippen LogP contribution is 2.30. The average Bonchev–Trinajstić information content (AvgIpc) is 3.13. The first kappa shape index (κ1) is 13.4. The molecule has 1 saturated carbocycles. The summed E-state index contributed by atoms with van der Waals surface area (Å²) in [4.78, 5) is 2.69. The fraction of sp³-hybridized carbons (Fsp3) is 1.00. The molecule has 2 nitrogen and oxygen atoms in total. The Morgan fingerprint density at radius 1 is 1.18 bits per heavy atom. The van der Waals surface area contributed by atoms with Crippen LogP contribution in [0.15, 0.2) is 0 Å². The lowest BCUT2D eigenvalue weighted by molar-refractivity contribution is 0.203. The van der Waals surface area contributed by atoms with Crippen molar-refractivity contribution in [3.05, 3.63) is 0 Å². The smallest absolute Gasteiger partial charge is 0.00675 e. The van der Waals surface area contributed by atoms with Gasteiger partial charge in [0.25, 0.3) is 0 Å². The van der Waals surface area contributed by atoms with Gasteiger partial charge in [0.15, 0.2) is 0 Å². The van der Waals surface area contributed by atoms with Gasteiger partial charge in [0.05, 0.1) is 0 Å². The molecular formula is C15H30N2. The Balaban J connectivity index is 1.60. The van der Waals surface area contributed by atoms with E-state index in [0.29, 0.717) is 0 Å². The van der Waals surface area contributed by atoms with Gasteiger partial charge in [0.1, 0.15) is 0 Å². The van der Waals surface area contributed by atoms with Crippen molar-refractivity contribution in [2.45, 2.75) is 70.9 Å². The van der Waals surface area contributed by atoms with Crippen molar-refractivity contribution in [2.24, 2.45) is 5.92 Å². The summed E-state index contributed by atoms with van der Waals surface area (Å²) in [6.45, 7) is 8.62. The molecule has 0 amide bonds. The minimum absolute atomic E-state index is 0.731. The van der Waals surface area contributed by atoms with Crippen LogP contribution in [0.2, 0.25) is 0 Å². The number of hydrogen-bond acceptors (Lipinski definition) is 2. The van der Waals surface area contributed by atoms with Crippen molar-refractivity contribution in [2.75, 3.05) is 19.6 Å². The van der Waals surface area contributed by atoms with Crippen molar-refractivity contribution >= 4 is 0 Å². The maximum Gasteiger partial charge on any atom is 0.00675 e. The van der Waals surface area contributed by atoms with E-state index in [2.05, 4.69) is 24.1 Å². The fourth-order valence-corrected chi connectivity index (χ4v) is 2.90. The van der Waals surface area contributed by atoms with Crippen LogP contribution >= 0.6 is 0 Å². The van der Waals surface area contributed by atoms with E-state index in [4.69, 9.17) is 0 Å². The van der Waals surface area contributed by atoms with Crippen molar-refractivity contribution in [1.29, 1.82) is 0 Å². The third-order valence-electron chi connectivity index (χ3n) is 4.33. The zero-order chi connectivity index (χ0) is 12.1. The van der Waals surface area contributed by atoms with Gasteiger partial charge >= 0.3 is 0 Å². The first-order chi connectivity index (χ1) is 8.25. The largest absolute Gasteiger partial charge is 0.314 e. The lowest BCUT2D eigenvalue weighted by Crippen LogP contribution is -2.37. The van der Waals surface area contributed by atoms with Crippen LogP contribution in [0.25, 0.3) is 0 Å². The molecule has 1 aliphatic carbocycles. The molecule has 1 heterocycles. The van der Waals surface area contributed by atoms with E-state index in [0.717, 1.165) is 18.0 Å². The summed E-state index contributed by atoms with van der Waals surface area (Å²) in [5.41, 5.74) is 0. The molecule has 2 aliphatic rings. The molecule has 0 bridgehead atoms. The van der Waals surface area contributed by atoms with Gasteiger partial charge in [0, 0.05) is 18.6 Å². The monoisotopic (exact) mass is 238 g/mol. The second kappa shape index (κ2) is 6.75. The summed E-state index contributed by atoms with van der Waals surface area (Å²) >= 11 is 0. The van der Waals surface area contributed by atoms with Gasteiger partial charge in [0.2, 0.25) is 0 Å². The van der Waals surface area contributed by atoms with Crippen LogP contribution in [0.3, 0.4) is 0 Å². The van der Waals surface area contributed by atoms with E-state index < -0.39 is 0 Å². The van der Waals surface area contributed by atoms with Crippen molar-refractivity contribution < 1.29 is 0 Å². The van der Waals surface area contributed by atoms with Gasteiger partial charge in [-0.3, -0.25) is 0 Å². The van der Waals surface area contributed by atoms with Gasteiger partial charge in [-0.05, 0) is 71.4 Å².